The van der Waals surface area contributed by atoms with Gasteiger partial charge in [0.05, 0.1) is 6.42 Å². The Hall–Kier alpha value is -2.04. The molecule has 2 unspecified atom stereocenters. The highest BCUT2D eigenvalue weighted by molar-refractivity contribution is 5.79. The van der Waals surface area contributed by atoms with Crippen molar-refractivity contribution in [3.8, 4) is 0 Å². The molecule has 5 nitrogen and oxygen atoms in total. The molecule has 2 aliphatic rings. The Labute approximate surface area is 124 Å². The van der Waals surface area contributed by atoms with E-state index in [1.54, 1.807) is 0 Å². The van der Waals surface area contributed by atoms with E-state index in [9.17, 15) is 9.59 Å². The summed E-state index contributed by atoms with van der Waals surface area (Å²) in [7, 11) is 0. The SMILES string of the molecule is Nc1ccc(CC(=O)N2CCC3NC(=O)CCC3C2)cc1. The van der Waals surface area contributed by atoms with Gasteiger partial charge in [0.2, 0.25) is 11.8 Å². The molecule has 2 atom stereocenters. The molecule has 0 aliphatic carbocycles. The molecule has 0 radical (unpaired) electrons. The van der Waals surface area contributed by atoms with Crippen LogP contribution in [0.4, 0.5) is 5.69 Å². The van der Waals surface area contributed by atoms with Crippen LogP contribution in [0.25, 0.3) is 0 Å². The second-order valence-corrected chi connectivity index (χ2v) is 6.02. The van der Waals surface area contributed by atoms with E-state index in [4.69, 9.17) is 5.73 Å². The third-order valence-corrected chi connectivity index (χ3v) is 4.51. The van der Waals surface area contributed by atoms with E-state index in [-0.39, 0.29) is 17.9 Å². The molecule has 0 bridgehead atoms. The first-order chi connectivity index (χ1) is 10.1. The lowest BCUT2D eigenvalue weighted by atomic mass is 9.85. The van der Waals surface area contributed by atoms with Crippen LogP contribution in [-0.2, 0) is 16.0 Å². The van der Waals surface area contributed by atoms with Gasteiger partial charge in [0, 0.05) is 31.2 Å². The average Bonchev–Trinajstić information content (AvgIpc) is 2.49. The molecular weight excluding hydrogens is 266 g/mol. The van der Waals surface area contributed by atoms with Crippen LogP contribution in [0, 0.1) is 5.92 Å². The van der Waals surface area contributed by atoms with Gasteiger partial charge in [-0.15, -0.1) is 0 Å². The smallest absolute Gasteiger partial charge is 0.227 e. The summed E-state index contributed by atoms with van der Waals surface area (Å²) in [5.74, 6) is 0.722. The molecule has 2 heterocycles. The van der Waals surface area contributed by atoms with Crippen LogP contribution in [0.3, 0.4) is 0 Å². The summed E-state index contributed by atoms with van der Waals surface area (Å²) in [4.78, 5) is 25.7. The predicted molar refractivity (Wildman–Crippen MR) is 80.4 cm³/mol. The number of hydrogen-bond acceptors (Lipinski definition) is 3. The number of carbonyl (C=O) groups excluding carboxylic acids is 2. The number of piperidine rings is 2. The minimum Gasteiger partial charge on any atom is -0.399 e. The molecule has 3 N–H and O–H groups in total. The van der Waals surface area contributed by atoms with Crippen molar-refractivity contribution in [2.24, 2.45) is 5.92 Å². The van der Waals surface area contributed by atoms with Gasteiger partial charge in [-0.25, -0.2) is 0 Å². The summed E-state index contributed by atoms with van der Waals surface area (Å²) < 4.78 is 0. The third-order valence-electron chi connectivity index (χ3n) is 4.51. The number of nitrogens with zero attached hydrogens (tertiary/aromatic N) is 1. The Morgan fingerprint density at radius 2 is 2.05 bits per heavy atom. The number of nitrogen functional groups attached to an aromatic ring is 1. The normalized spacial score (nSPS) is 25.1. The van der Waals surface area contributed by atoms with Crippen molar-refractivity contribution in [1.29, 1.82) is 0 Å². The van der Waals surface area contributed by atoms with E-state index in [2.05, 4.69) is 5.32 Å². The molecule has 1 aromatic carbocycles. The van der Waals surface area contributed by atoms with Gasteiger partial charge in [-0.2, -0.15) is 0 Å². The zero-order valence-electron chi connectivity index (χ0n) is 12.0. The fraction of sp³-hybridized carbons (Fsp3) is 0.500. The highest BCUT2D eigenvalue weighted by Gasteiger charge is 2.35. The number of fused-ring (bicyclic) bond motifs is 1. The molecule has 21 heavy (non-hydrogen) atoms. The number of nitrogens with two attached hydrogens (primary N) is 1. The summed E-state index contributed by atoms with van der Waals surface area (Å²) >= 11 is 0. The van der Waals surface area contributed by atoms with Crippen LogP contribution in [0.2, 0.25) is 0 Å². The standard InChI is InChI=1S/C16H21N3O2/c17-13-4-1-11(2-5-13)9-16(21)19-8-7-14-12(10-19)3-6-15(20)18-14/h1-2,4-5,12,14H,3,6-10,17H2,(H,18,20). The first kappa shape index (κ1) is 13.9. The van der Waals surface area contributed by atoms with Crippen LogP contribution in [0.1, 0.15) is 24.8 Å². The van der Waals surface area contributed by atoms with Gasteiger partial charge < -0.3 is 16.0 Å². The molecule has 112 valence electrons. The molecule has 1 aromatic rings. The van der Waals surface area contributed by atoms with Crippen LogP contribution in [0.5, 0.6) is 0 Å². The monoisotopic (exact) mass is 287 g/mol. The maximum Gasteiger partial charge on any atom is 0.227 e. The van der Waals surface area contributed by atoms with Gasteiger partial charge in [0.1, 0.15) is 0 Å². The van der Waals surface area contributed by atoms with E-state index < -0.39 is 0 Å². The Balaban J connectivity index is 1.58. The van der Waals surface area contributed by atoms with Crippen molar-refractivity contribution in [3.63, 3.8) is 0 Å². The van der Waals surface area contributed by atoms with Gasteiger partial charge in [0.25, 0.3) is 0 Å². The van der Waals surface area contributed by atoms with Crippen LogP contribution in [0.15, 0.2) is 24.3 Å². The second kappa shape index (κ2) is 5.76. The maximum atomic E-state index is 12.4. The molecular formula is C16H21N3O2. The Bertz CT molecular complexity index is 541. The highest BCUT2D eigenvalue weighted by atomic mass is 16.2. The van der Waals surface area contributed by atoms with Gasteiger partial charge in [-0.1, -0.05) is 12.1 Å². The van der Waals surface area contributed by atoms with Crippen molar-refractivity contribution < 1.29 is 9.59 Å². The fourth-order valence-corrected chi connectivity index (χ4v) is 3.26. The summed E-state index contributed by atoms with van der Waals surface area (Å²) in [6, 6.07) is 7.71. The summed E-state index contributed by atoms with van der Waals surface area (Å²) in [6.07, 6.45) is 2.76. The lowest BCUT2D eigenvalue weighted by Crippen LogP contribution is -2.55. The third kappa shape index (κ3) is 3.17. The summed E-state index contributed by atoms with van der Waals surface area (Å²) in [5.41, 5.74) is 7.36. The molecule has 2 aliphatic heterocycles. The molecule has 3 rings (SSSR count). The first-order valence-electron chi connectivity index (χ1n) is 7.53. The maximum absolute atomic E-state index is 12.4. The topological polar surface area (TPSA) is 75.4 Å². The number of rotatable bonds is 2. The van der Waals surface area contributed by atoms with Gasteiger partial charge in [0.15, 0.2) is 0 Å². The Morgan fingerprint density at radius 3 is 2.81 bits per heavy atom. The molecule has 2 saturated heterocycles. The number of likely N-dealkylation sites (tertiary alicyclic amines) is 1. The van der Waals surface area contributed by atoms with Crippen LogP contribution < -0.4 is 11.1 Å². The fourth-order valence-electron chi connectivity index (χ4n) is 3.26. The average molecular weight is 287 g/mol. The second-order valence-electron chi connectivity index (χ2n) is 6.02. The number of benzene rings is 1. The van der Waals surface area contributed by atoms with E-state index >= 15 is 0 Å². The minimum absolute atomic E-state index is 0.151. The summed E-state index contributed by atoms with van der Waals surface area (Å²) in [6.45, 7) is 1.49. The quantitative estimate of drug-likeness (QED) is 0.795. The predicted octanol–water partition coefficient (Wildman–Crippen LogP) is 0.938. The largest absolute Gasteiger partial charge is 0.399 e. The number of hydrogen-bond donors (Lipinski definition) is 2. The van der Waals surface area contributed by atoms with Crippen molar-refractivity contribution in [2.75, 3.05) is 18.8 Å². The molecule has 2 amide bonds. The zero-order valence-corrected chi connectivity index (χ0v) is 12.0. The first-order valence-corrected chi connectivity index (χ1v) is 7.53. The van der Waals surface area contributed by atoms with Crippen molar-refractivity contribution >= 4 is 17.5 Å². The number of nitrogens with one attached hydrogen (secondary N) is 1. The van der Waals surface area contributed by atoms with Gasteiger partial charge in [-0.3, -0.25) is 9.59 Å². The molecule has 0 saturated carbocycles. The van der Waals surface area contributed by atoms with Gasteiger partial charge in [-0.05, 0) is 36.5 Å². The Kier molecular flexibility index (Phi) is 3.82. The number of anilines is 1. The minimum atomic E-state index is 0.151. The molecule has 2 fully saturated rings. The number of amides is 2. The van der Waals surface area contributed by atoms with E-state index in [0.717, 1.165) is 31.5 Å². The highest BCUT2D eigenvalue weighted by Crippen LogP contribution is 2.25. The van der Waals surface area contributed by atoms with Gasteiger partial charge >= 0.3 is 0 Å². The van der Waals surface area contributed by atoms with Crippen LogP contribution >= 0.6 is 0 Å². The van der Waals surface area contributed by atoms with E-state index in [1.807, 2.05) is 29.2 Å². The molecule has 0 spiro atoms. The number of carbonyl (C=O) groups is 2. The lowest BCUT2D eigenvalue weighted by molar-refractivity contribution is -0.134. The van der Waals surface area contributed by atoms with E-state index in [1.165, 1.54) is 0 Å². The lowest BCUT2D eigenvalue weighted by Gasteiger charge is -2.41. The Morgan fingerprint density at radius 1 is 1.29 bits per heavy atom. The zero-order chi connectivity index (χ0) is 14.8. The molecule has 0 aromatic heterocycles. The molecule has 5 heteroatoms. The van der Waals surface area contributed by atoms with Crippen molar-refractivity contribution in [1.82, 2.24) is 10.2 Å². The van der Waals surface area contributed by atoms with Crippen molar-refractivity contribution in [2.45, 2.75) is 31.7 Å². The summed E-state index contributed by atoms with van der Waals surface area (Å²) in [5, 5.41) is 3.04. The van der Waals surface area contributed by atoms with Crippen LogP contribution in [-0.4, -0.2) is 35.8 Å². The van der Waals surface area contributed by atoms with Crippen molar-refractivity contribution in [3.05, 3.63) is 29.8 Å². The van der Waals surface area contributed by atoms with E-state index in [0.29, 0.717) is 24.4 Å².